The normalized spacial score (nSPS) is 11.5. The molecule has 0 aliphatic rings. The Morgan fingerprint density at radius 2 is 1.58 bits per heavy atom. The number of rotatable bonds is 6. The molecule has 0 saturated heterocycles. The van der Waals surface area contributed by atoms with Gasteiger partial charge in [-0.05, 0) is 67.8 Å². The molecule has 0 unspecified atom stereocenters. The minimum Gasteiger partial charge on any atom is -0.457 e. The van der Waals surface area contributed by atoms with Gasteiger partial charge in [-0.15, -0.1) is 0 Å². The summed E-state index contributed by atoms with van der Waals surface area (Å²) in [6.45, 7) is 7.73. The quantitative estimate of drug-likeness (QED) is 0.434. The Hall–Kier alpha value is -2.34. The van der Waals surface area contributed by atoms with E-state index in [2.05, 4.69) is 11.6 Å². The molecule has 0 N–H and O–H groups in total. The molecule has 0 bridgehead atoms. The SMILES string of the molecule is C=C(/N=C/c1cc(F)ccc1Oc1ccc(F)cc1)OS(C)(C)C.CC. The van der Waals surface area contributed by atoms with Crippen LogP contribution < -0.4 is 4.74 Å². The summed E-state index contributed by atoms with van der Waals surface area (Å²) in [5.74, 6) is 0.293. The Balaban J connectivity index is 0.00000163. The Bertz CT molecular complexity index is 753. The van der Waals surface area contributed by atoms with E-state index in [1.54, 1.807) is 0 Å². The number of ether oxygens (including phenoxy) is 1. The summed E-state index contributed by atoms with van der Waals surface area (Å²) in [4.78, 5) is 4.11. The predicted molar refractivity (Wildman–Crippen MR) is 107 cm³/mol. The van der Waals surface area contributed by atoms with Gasteiger partial charge in [-0.2, -0.15) is 0 Å². The standard InChI is InChI=1S/C18H19F2NO2S.C2H6/c1-13(23-24(2,3)4)21-12-14-11-16(20)7-10-18(14)22-17-8-5-15(19)6-9-17;1-2/h5-12H,1H2,2-4H3;1-2H3/b21-12+;. The monoisotopic (exact) mass is 381 g/mol. The highest BCUT2D eigenvalue weighted by molar-refractivity contribution is 8.28. The van der Waals surface area contributed by atoms with Crippen LogP contribution in [0.1, 0.15) is 19.4 Å². The fourth-order valence-corrected chi connectivity index (χ4v) is 2.41. The molecule has 0 amide bonds. The third-order valence-electron chi connectivity index (χ3n) is 2.71. The first-order chi connectivity index (χ1) is 12.2. The van der Waals surface area contributed by atoms with Crippen molar-refractivity contribution >= 4 is 16.5 Å². The summed E-state index contributed by atoms with van der Waals surface area (Å²) in [5, 5.41) is 0. The lowest BCUT2D eigenvalue weighted by Crippen LogP contribution is -1.97. The van der Waals surface area contributed by atoms with E-state index in [0.717, 1.165) is 0 Å². The zero-order valence-electron chi connectivity index (χ0n) is 15.8. The Morgan fingerprint density at radius 3 is 2.15 bits per heavy atom. The van der Waals surface area contributed by atoms with Crippen LogP contribution in [0.4, 0.5) is 8.78 Å². The molecule has 0 aliphatic heterocycles. The number of hydrogen-bond acceptors (Lipinski definition) is 3. The average Bonchev–Trinajstić information content (AvgIpc) is 2.57. The van der Waals surface area contributed by atoms with Crippen molar-refractivity contribution in [2.45, 2.75) is 13.8 Å². The van der Waals surface area contributed by atoms with Gasteiger partial charge in [0, 0.05) is 11.8 Å². The number of hydrogen-bond donors (Lipinski definition) is 0. The largest absolute Gasteiger partial charge is 0.457 e. The first kappa shape index (κ1) is 21.7. The zero-order valence-corrected chi connectivity index (χ0v) is 16.6. The fraction of sp³-hybridized carbons (Fsp3) is 0.250. The maximum absolute atomic E-state index is 13.5. The van der Waals surface area contributed by atoms with E-state index >= 15 is 0 Å². The van der Waals surface area contributed by atoms with Gasteiger partial charge in [-0.25, -0.2) is 13.8 Å². The first-order valence-corrected chi connectivity index (χ1v) is 10.8. The Morgan fingerprint density at radius 1 is 1.00 bits per heavy atom. The van der Waals surface area contributed by atoms with Crippen LogP contribution in [0, 0.1) is 11.6 Å². The van der Waals surface area contributed by atoms with Gasteiger partial charge in [0.05, 0.1) is 0 Å². The smallest absolute Gasteiger partial charge is 0.217 e. The lowest BCUT2D eigenvalue weighted by molar-refractivity contribution is 0.476. The van der Waals surface area contributed by atoms with E-state index < -0.39 is 16.1 Å². The minimum atomic E-state index is -1.25. The second-order valence-corrected chi connectivity index (χ2v) is 9.31. The van der Waals surface area contributed by atoms with Crippen molar-refractivity contribution in [2.24, 2.45) is 4.99 Å². The number of halogens is 2. The zero-order chi connectivity index (χ0) is 19.7. The van der Waals surface area contributed by atoms with Crippen LogP contribution in [0.15, 0.2) is 59.9 Å². The van der Waals surface area contributed by atoms with Crippen molar-refractivity contribution in [1.82, 2.24) is 0 Å². The lowest BCUT2D eigenvalue weighted by Gasteiger charge is -2.25. The highest BCUT2D eigenvalue weighted by atomic mass is 32.3. The molecule has 2 aromatic carbocycles. The highest BCUT2D eigenvalue weighted by Gasteiger charge is 2.08. The van der Waals surface area contributed by atoms with Crippen LogP contribution in [0.2, 0.25) is 0 Å². The van der Waals surface area contributed by atoms with E-state index in [1.807, 2.05) is 32.6 Å². The molecule has 6 heteroatoms. The minimum absolute atomic E-state index is 0.245. The summed E-state index contributed by atoms with van der Waals surface area (Å²) in [7, 11) is -1.25. The number of aliphatic imine (C=N–C) groups is 1. The van der Waals surface area contributed by atoms with E-state index in [-0.39, 0.29) is 11.7 Å². The molecule has 2 aromatic rings. The molecule has 0 aliphatic carbocycles. The van der Waals surface area contributed by atoms with Gasteiger partial charge in [0.15, 0.2) is 0 Å². The van der Waals surface area contributed by atoms with E-state index in [1.165, 1.54) is 48.7 Å². The molecule has 3 nitrogen and oxygen atoms in total. The van der Waals surface area contributed by atoms with Crippen molar-refractivity contribution in [3.63, 3.8) is 0 Å². The van der Waals surface area contributed by atoms with E-state index in [0.29, 0.717) is 17.1 Å². The van der Waals surface area contributed by atoms with Gasteiger partial charge in [0.25, 0.3) is 0 Å². The Labute approximate surface area is 155 Å². The van der Waals surface area contributed by atoms with Gasteiger partial charge in [-0.3, -0.25) is 0 Å². The van der Waals surface area contributed by atoms with Crippen molar-refractivity contribution in [1.29, 1.82) is 0 Å². The second kappa shape index (κ2) is 9.97. The van der Waals surface area contributed by atoms with Gasteiger partial charge in [0.2, 0.25) is 5.88 Å². The topological polar surface area (TPSA) is 30.8 Å². The first-order valence-electron chi connectivity index (χ1n) is 8.07. The van der Waals surface area contributed by atoms with Crippen molar-refractivity contribution in [3.05, 3.63) is 72.1 Å². The van der Waals surface area contributed by atoms with E-state index in [4.69, 9.17) is 8.92 Å². The van der Waals surface area contributed by atoms with Gasteiger partial charge in [-0.1, -0.05) is 24.2 Å². The van der Waals surface area contributed by atoms with Gasteiger partial charge in [0.1, 0.15) is 23.1 Å². The number of benzene rings is 2. The maximum atomic E-state index is 13.5. The summed E-state index contributed by atoms with van der Waals surface area (Å²) < 4.78 is 37.7. The van der Waals surface area contributed by atoms with Crippen LogP contribution in [0.25, 0.3) is 0 Å². The molecular formula is C20H25F2NO2S. The molecule has 0 atom stereocenters. The Kier molecular flexibility index (Phi) is 8.32. The maximum Gasteiger partial charge on any atom is 0.217 e. The van der Waals surface area contributed by atoms with Crippen LogP contribution in [-0.2, 0) is 4.18 Å². The molecule has 0 aromatic heterocycles. The molecule has 0 spiro atoms. The summed E-state index contributed by atoms with van der Waals surface area (Å²) in [5.41, 5.74) is 0.424. The third kappa shape index (κ3) is 7.70. The molecule has 0 fully saturated rings. The third-order valence-corrected chi connectivity index (χ3v) is 3.40. The molecule has 2 rings (SSSR count). The van der Waals surface area contributed by atoms with Crippen LogP contribution in [-0.4, -0.2) is 25.0 Å². The van der Waals surface area contributed by atoms with E-state index in [9.17, 15) is 8.78 Å². The van der Waals surface area contributed by atoms with Crippen LogP contribution in [0.5, 0.6) is 11.5 Å². The second-order valence-electron chi connectivity index (χ2n) is 5.70. The van der Waals surface area contributed by atoms with Crippen LogP contribution >= 0.6 is 10.3 Å². The fourth-order valence-electron chi connectivity index (χ4n) is 1.79. The molecular weight excluding hydrogens is 356 g/mol. The summed E-state index contributed by atoms with van der Waals surface area (Å²) in [6, 6.07) is 9.61. The molecule has 142 valence electrons. The molecule has 26 heavy (non-hydrogen) atoms. The molecule has 0 saturated carbocycles. The summed E-state index contributed by atoms with van der Waals surface area (Å²) >= 11 is 0. The molecule has 0 radical (unpaired) electrons. The lowest BCUT2D eigenvalue weighted by atomic mass is 10.2. The predicted octanol–water partition coefficient (Wildman–Crippen LogP) is 6.30. The van der Waals surface area contributed by atoms with Crippen molar-refractivity contribution < 1.29 is 17.7 Å². The van der Waals surface area contributed by atoms with Crippen LogP contribution in [0.3, 0.4) is 0 Å². The molecule has 0 heterocycles. The average molecular weight is 381 g/mol. The van der Waals surface area contributed by atoms with Gasteiger partial charge >= 0.3 is 0 Å². The summed E-state index contributed by atoms with van der Waals surface area (Å²) in [6.07, 6.45) is 7.30. The van der Waals surface area contributed by atoms with Crippen molar-refractivity contribution in [3.8, 4) is 11.5 Å². The number of nitrogens with zero attached hydrogens (tertiary/aromatic N) is 1. The van der Waals surface area contributed by atoms with Gasteiger partial charge < -0.3 is 8.92 Å². The highest BCUT2D eigenvalue weighted by Crippen LogP contribution is 2.38. The van der Waals surface area contributed by atoms with Crippen molar-refractivity contribution in [2.75, 3.05) is 18.8 Å².